The number of sulfonamides is 1. The topological polar surface area (TPSA) is 98.5 Å². The number of carbonyl (C=O) groups excluding carboxylic acids is 1. The molecule has 6 nitrogen and oxygen atoms in total. The van der Waals surface area contributed by atoms with Gasteiger partial charge in [0, 0.05) is 6.54 Å². The molecule has 0 saturated heterocycles. The van der Waals surface area contributed by atoms with Crippen LogP contribution in [0, 0.1) is 6.92 Å². The lowest BCUT2D eigenvalue weighted by Gasteiger charge is -2.10. The van der Waals surface area contributed by atoms with Crippen LogP contribution >= 0.6 is 0 Å². The number of hydrogen-bond acceptors (Lipinski definition) is 4. The van der Waals surface area contributed by atoms with E-state index in [1.54, 1.807) is 6.92 Å². The number of carbonyl (C=O) groups is 1. The van der Waals surface area contributed by atoms with Gasteiger partial charge in [0.2, 0.25) is 10.0 Å². The van der Waals surface area contributed by atoms with Gasteiger partial charge >= 0.3 is 0 Å². The maximum atomic E-state index is 11.5. The third-order valence-electron chi connectivity index (χ3n) is 2.69. The Hall–Kier alpha value is -1.60. The van der Waals surface area contributed by atoms with E-state index in [1.807, 2.05) is 6.92 Å². The van der Waals surface area contributed by atoms with Crippen molar-refractivity contribution < 1.29 is 17.9 Å². The van der Waals surface area contributed by atoms with Crippen LogP contribution in [0.3, 0.4) is 0 Å². The number of nitrogens with two attached hydrogens (primary N) is 1. The SMILES string of the molecule is CCCCNC(=O)COc1ccc(S(N)(=O)=O)cc1C. The number of amides is 1. The summed E-state index contributed by atoms with van der Waals surface area (Å²) in [5, 5.41) is 7.76. The first-order chi connectivity index (χ1) is 9.34. The summed E-state index contributed by atoms with van der Waals surface area (Å²) in [6.45, 7) is 4.26. The lowest BCUT2D eigenvalue weighted by atomic mass is 10.2. The standard InChI is InChI=1S/C13H20N2O4S/c1-3-4-7-15-13(16)9-19-12-6-5-11(8-10(12)2)20(14,17)18/h5-6,8H,3-4,7,9H2,1-2H3,(H,15,16)(H2,14,17,18). The first kappa shape index (κ1) is 16.5. The van der Waals surface area contributed by atoms with Gasteiger partial charge in [0.05, 0.1) is 4.90 Å². The summed E-state index contributed by atoms with van der Waals surface area (Å²) in [6, 6.07) is 4.26. The van der Waals surface area contributed by atoms with Crippen molar-refractivity contribution in [2.24, 2.45) is 5.14 Å². The van der Waals surface area contributed by atoms with Crippen molar-refractivity contribution in [3.8, 4) is 5.75 Å². The summed E-state index contributed by atoms with van der Waals surface area (Å²) in [6.07, 6.45) is 1.93. The fourth-order valence-corrected chi connectivity index (χ4v) is 2.16. The van der Waals surface area contributed by atoms with Crippen LogP contribution < -0.4 is 15.2 Å². The Labute approximate surface area is 119 Å². The van der Waals surface area contributed by atoms with Crippen molar-refractivity contribution >= 4 is 15.9 Å². The van der Waals surface area contributed by atoms with Crippen LogP contribution in [0.4, 0.5) is 0 Å². The highest BCUT2D eigenvalue weighted by Gasteiger charge is 2.11. The van der Waals surface area contributed by atoms with Gasteiger partial charge in [-0.2, -0.15) is 0 Å². The minimum absolute atomic E-state index is 0.0229. The average molecular weight is 300 g/mol. The Kier molecular flexibility index (Phi) is 5.97. The molecule has 3 N–H and O–H groups in total. The van der Waals surface area contributed by atoms with E-state index < -0.39 is 10.0 Å². The van der Waals surface area contributed by atoms with Gasteiger partial charge in [0.25, 0.3) is 5.91 Å². The first-order valence-electron chi connectivity index (χ1n) is 6.37. The third-order valence-corrected chi connectivity index (χ3v) is 3.60. The zero-order valence-electron chi connectivity index (χ0n) is 11.7. The van der Waals surface area contributed by atoms with E-state index in [4.69, 9.17) is 9.88 Å². The molecular weight excluding hydrogens is 280 g/mol. The predicted octanol–water partition coefficient (Wildman–Crippen LogP) is 0.938. The summed E-state index contributed by atoms with van der Waals surface area (Å²) in [7, 11) is -3.72. The predicted molar refractivity (Wildman–Crippen MR) is 76.0 cm³/mol. The Balaban J connectivity index is 2.59. The molecule has 1 aromatic rings. The van der Waals surface area contributed by atoms with Crippen molar-refractivity contribution in [3.63, 3.8) is 0 Å². The van der Waals surface area contributed by atoms with Gasteiger partial charge in [0.15, 0.2) is 6.61 Å². The fraction of sp³-hybridized carbons (Fsp3) is 0.462. The summed E-state index contributed by atoms with van der Waals surface area (Å²) in [5.41, 5.74) is 0.609. The highest BCUT2D eigenvalue weighted by Crippen LogP contribution is 2.20. The minimum Gasteiger partial charge on any atom is -0.484 e. The lowest BCUT2D eigenvalue weighted by Crippen LogP contribution is -2.29. The van der Waals surface area contributed by atoms with Crippen molar-refractivity contribution in [1.82, 2.24) is 5.32 Å². The molecule has 0 saturated carbocycles. The summed E-state index contributed by atoms with van der Waals surface area (Å²) in [5.74, 6) is 0.261. The molecule has 0 spiro atoms. The highest BCUT2D eigenvalue weighted by molar-refractivity contribution is 7.89. The molecule has 0 radical (unpaired) electrons. The fourth-order valence-electron chi connectivity index (χ4n) is 1.56. The van der Waals surface area contributed by atoms with Crippen LogP contribution in [0.2, 0.25) is 0 Å². The number of aryl methyl sites for hydroxylation is 1. The number of rotatable bonds is 7. The van der Waals surface area contributed by atoms with Crippen LogP contribution in [0.15, 0.2) is 23.1 Å². The summed E-state index contributed by atoms with van der Waals surface area (Å²) < 4.78 is 27.7. The van der Waals surface area contributed by atoms with Crippen LogP contribution in [0.25, 0.3) is 0 Å². The molecule has 0 aliphatic rings. The van der Waals surface area contributed by atoms with E-state index in [0.717, 1.165) is 12.8 Å². The molecule has 7 heteroatoms. The van der Waals surface area contributed by atoms with E-state index in [0.29, 0.717) is 17.9 Å². The number of unbranched alkanes of at least 4 members (excludes halogenated alkanes) is 1. The molecule has 0 aromatic heterocycles. The summed E-state index contributed by atoms with van der Waals surface area (Å²) >= 11 is 0. The Morgan fingerprint density at radius 3 is 2.65 bits per heavy atom. The van der Waals surface area contributed by atoms with Crippen molar-refractivity contribution in [1.29, 1.82) is 0 Å². The molecular formula is C13H20N2O4S. The molecule has 112 valence electrons. The number of ether oxygens (including phenoxy) is 1. The van der Waals surface area contributed by atoms with Crippen molar-refractivity contribution in [2.45, 2.75) is 31.6 Å². The molecule has 0 unspecified atom stereocenters. The largest absolute Gasteiger partial charge is 0.484 e. The second-order valence-corrected chi connectivity index (χ2v) is 6.03. The number of nitrogens with one attached hydrogen (secondary N) is 1. The Bertz CT molecular complexity index is 570. The lowest BCUT2D eigenvalue weighted by molar-refractivity contribution is -0.123. The van der Waals surface area contributed by atoms with Crippen molar-refractivity contribution in [2.75, 3.05) is 13.2 Å². The molecule has 0 atom stereocenters. The quantitative estimate of drug-likeness (QED) is 0.732. The van der Waals surface area contributed by atoms with Gasteiger partial charge in [-0.1, -0.05) is 13.3 Å². The molecule has 20 heavy (non-hydrogen) atoms. The van der Waals surface area contributed by atoms with Gasteiger partial charge in [-0.05, 0) is 37.1 Å². The van der Waals surface area contributed by atoms with Gasteiger partial charge in [-0.25, -0.2) is 13.6 Å². The van der Waals surface area contributed by atoms with E-state index in [-0.39, 0.29) is 17.4 Å². The molecule has 0 aliphatic carbocycles. The van der Waals surface area contributed by atoms with Crippen LogP contribution in [-0.4, -0.2) is 27.5 Å². The van der Waals surface area contributed by atoms with Gasteiger partial charge in [0.1, 0.15) is 5.75 Å². The van der Waals surface area contributed by atoms with Crippen LogP contribution in [-0.2, 0) is 14.8 Å². The second-order valence-electron chi connectivity index (χ2n) is 4.46. The average Bonchev–Trinajstić information content (AvgIpc) is 2.36. The van der Waals surface area contributed by atoms with Crippen molar-refractivity contribution in [3.05, 3.63) is 23.8 Å². The molecule has 0 aliphatic heterocycles. The molecule has 1 rings (SSSR count). The molecule has 1 aromatic carbocycles. The maximum Gasteiger partial charge on any atom is 0.257 e. The monoisotopic (exact) mass is 300 g/mol. The second kappa shape index (κ2) is 7.25. The Morgan fingerprint density at radius 1 is 1.40 bits per heavy atom. The van der Waals surface area contributed by atoms with Crippen LogP contribution in [0.1, 0.15) is 25.3 Å². The highest BCUT2D eigenvalue weighted by atomic mass is 32.2. The third kappa shape index (κ3) is 5.18. The van der Waals surface area contributed by atoms with Gasteiger partial charge < -0.3 is 10.1 Å². The maximum absolute atomic E-state index is 11.5. The number of primary sulfonamides is 1. The molecule has 0 bridgehead atoms. The summed E-state index contributed by atoms with van der Waals surface area (Å²) in [4.78, 5) is 11.5. The van der Waals surface area contributed by atoms with E-state index >= 15 is 0 Å². The van der Waals surface area contributed by atoms with Gasteiger partial charge in [-0.15, -0.1) is 0 Å². The zero-order chi connectivity index (χ0) is 15.2. The van der Waals surface area contributed by atoms with E-state index in [2.05, 4.69) is 5.32 Å². The van der Waals surface area contributed by atoms with E-state index in [9.17, 15) is 13.2 Å². The normalized spacial score (nSPS) is 11.2. The minimum atomic E-state index is -3.72. The van der Waals surface area contributed by atoms with E-state index in [1.165, 1.54) is 18.2 Å². The Morgan fingerprint density at radius 2 is 2.10 bits per heavy atom. The molecule has 1 amide bonds. The molecule has 0 heterocycles. The molecule has 0 fully saturated rings. The number of hydrogen-bond donors (Lipinski definition) is 2. The zero-order valence-corrected chi connectivity index (χ0v) is 12.5. The van der Waals surface area contributed by atoms with Crippen LogP contribution in [0.5, 0.6) is 5.75 Å². The smallest absolute Gasteiger partial charge is 0.257 e. The first-order valence-corrected chi connectivity index (χ1v) is 7.92. The van der Waals surface area contributed by atoms with Gasteiger partial charge in [-0.3, -0.25) is 4.79 Å². The number of benzene rings is 1.